The molecule has 1 aromatic carbocycles. The van der Waals surface area contributed by atoms with Gasteiger partial charge in [-0.3, -0.25) is 9.10 Å². The molecule has 0 N–H and O–H groups in total. The van der Waals surface area contributed by atoms with Crippen LogP contribution in [0.3, 0.4) is 0 Å². The number of hydrogen-bond acceptors (Lipinski definition) is 4. The van der Waals surface area contributed by atoms with Crippen LogP contribution in [-0.2, 0) is 14.8 Å². The van der Waals surface area contributed by atoms with Crippen LogP contribution in [0, 0.1) is 11.6 Å². The van der Waals surface area contributed by atoms with E-state index in [4.69, 9.17) is 0 Å². The molecule has 0 aliphatic carbocycles. The van der Waals surface area contributed by atoms with Gasteiger partial charge in [-0.15, -0.1) is 0 Å². The Kier molecular flexibility index (Phi) is 6.34. The standard InChI is InChI=1S/C16H23F2N3O3S/c1-3-19-8-10-20(11-9-19)16(22)6-7-21(25(2,23)24)15-5-4-13(17)12-14(15)18/h4-5,12H,3,6-11H2,1-2H3. The topological polar surface area (TPSA) is 60.9 Å². The first kappa shape index (κ1) is 19.6. The first-order valence-electron chi connectivity index (χ1n) is 8.15. The van der Waals surface area contributed by atoms with Gasteiger partial charge < -0.3 is 9.80 Å². The number of piperazine rings is 1. The zero-order chi connectivity index (χ0) is 18.6. The number of sulfonamides is 1. The maximum Gasteiger partial charge on any atom is 0.232 e. The van der Waals surface area contributed by atoms with Gasteiger partial charge in [-0.25, -0.2) is 17.2 Å². The molecule has 0 atom stereocenters. The summed E-state index contributed by atoms with van der Waals surface area (Å²) in [6.07, 6.45) is 0.871. The third kappa shape index (κ3) is 5.12. The summed E-state index contributed by atoms with van der Waals surface area (Å²) in [6.45, 7) is 5.54. The molecule has 0 radical (unpaired) electrons. The molecule has 0 unspecified atom stereocenters. The second-order valence-electron chi connectivity index (χ2n) is 6.00. The summed E-state index contributed by atoms with van der Waals surface area (Å²) in [6, 6.07) is 2.68. The lowest BCUT2D eigenvalue weighted by Crippen LogP contribution is -2.49. The van der Waals surface area contributed by atoms with Gasteiger partial charge in [-0.05, 0) is 18.7 Å². The van der Waals surface area contributed by atoms with Crippen LogP contribution >= 0.6 is 0 Å². The molecule has 2 rings (SSSR count). The Morgan fingerprint density at radius 3 is 2.36 bits per heavy atom. The van der Waals surface area contributed by atoms with Gasteiger partial charge in [0.2, 0.25) is 15.9 Å². The highest BCUT2D eigenvalue weighted by molar-refractivity contribution is 7.92. The van der Waals surface area contributed by atoms with Gasteiger partial charge in [0.25, 0.3) is 0 Å². The number of halogens is 2. The number of carbonyl (C=O) groups is 1. The minimum absolute atomic E-state index is 0.0595. The van der Waals surface area contributed by atoms with Crippen LogP contribution in [0.1, 0.15) is 13.3 Å². The molecule has 1 fully saturated rings. The number of hydrogen-bond donors (Lipinski definition) is 0. The SMILES string of the molecule is CCN1CCN(C(=O)CCN(c2ccc(F)cc2F)S(C)(=O)=O)CC1. The molecular weight excluding hydrogens is 352 g/mol. The zero-order valence-electron chi connectivity index (χ0n) is 14.4. The molecule has 0 saturated carbocycles. The molecule has 6 nitrogen and oxygen atoms in total. The quantitative estimate of drug-likeness (QED) is 0.752. The highest BCUT2D eigenvalue weighted by Crippen LogP contribution is 2.23. The van der Waals surface area contributed by atoms with Crippen LogP contribution < -0.4 is 4.31 Å². The molecular formula is C16H23F2N3O3S. The zero-order valence-corrected chi connectivity index (χ0v) is 15.2. The van der Waals surface area contributed by atoms with E-state index < -0.39 is 21.7 Å². The summed E-state index contributed by atoms with van der Waals surface area (Å²) in [5, 5.41) is 0. The molecule has 1 aliphatic rings. The van der Waals surface area contributed by atoms with E-state index in [0.717, 1.165) is 42.3 Å². The van der Waals surface area contributed by atoms with E-state index in [0.29, 0.717) is 19.2 Å². The molecule has 0 aromatic heterocycles. The van der Waals surface area contributed by atoms with E-state index in [1.54, 1.807) is 4.90 Å². The van der Waals surface area contributed by atoms with Crippen molar-refractivity contribution in [2.75, 3.05) is 49.8 Å². The van der Waals surface area contributed by atoms with Crippen molar-refractivity contribution in [1.82, 2.24) is 9.80 Å². The fourth-order valence-corrected chi connectivity index (χ4v) is 3.75. The molecule has 0 spiro atoms. The number of carbonyl (C=O) groups excluding carboxylic acids is 1. The van der Waals surface area contributed by atoms with Gasteiger partial charge in [-0.1, -0.05) is 6.92 Å². The van der Waals surface area contributed by atoms with Crippen molar-refractivity contribution >= 4 is 21.6 Å². The largest absolute Gasteiger partial charge is 0.340 e. The maximum absolute atomic E-state index is 13.9. The monoisotopic (exact) mass is 375 g/mol. The smallest absolute Gasteiger partial charge is 0.232 e. The van der Waals surface area contributed by atoms with Crippen molar-refractivity contribution in [1.29, 1.82) is 0 Å². The molecule has 1 amide bonds. The number of rotatable bonds is 6. The molecule has 25 heavy (non-hydrogen) atoms. The van der Waals surface area contributed by atoms with Crippen LogP contribution in [0.2, 0.25) is 0 Å². The first-order chi connectivity index (χ1) is 11.7. The van der Waals surface area contributed by atoms with E-state index in [1.807, 2.05) is 0 Å². The van der Waals surface area contributed by atoms with Gasteiger partial charge in [0.05, 0.1) is 11.9 Å². The summed E-state index contributed by atoms with van der Waals surface area (Å²) in [5.74, 6) is -1.94. The second-order valence-corrected chi connectivity index (χ2v) is 7.90. The van der Waals surface area contributed by atoms with E-state index in [9.17, 15) is 22.0 Å². The van der Waals surface area contributed by atoms with Crippen LogP contribution in [0.25, 0.3) is 0 Å². The lowest BCUT2D eigenvalue weighted by Gasteiger charge is -2.34. The number of likely N-dealkylation sites (N-methyl/N-ethyl adjacent to an activating group) is 1. The van der Waals surface area contributed by atoms with Crippen LogP contribution in [0.4, 0.5) is 14.5 Å². The van der Waals surface area contributed by atoms with Gasteiger partial charge in [0.1, 0.15) is 11.6 Å². The minimum Gasteiger partial charge on any atom is -0.340 e. The summed E-state index contributed by atoms with van der Waals surface area (Å²) in [4.78, 5) is 16.2. The predicted molar refractivity (Wildman–Crippen MR) is 91.9 cm³/mol. The highest BCUT2D eigenvalue weighted by atomic mass is 32.2. The number of anilines is 1. The van der Waals surface area contributed by atoms with Gasteiger partial charge >= 0.3 is 0 Å². The van der Waals surface area contributed by atoms with E-state index in [-0.39, 0.29) is 24.6 Å². The van der Waals surface area contributed by atoms with Crippen LogP contribution in [0.5, 0.6) is 0 Å². The summed E-state index contributed by atoms with van der Waals surface area (Å²) in [7, 11) is -3.80. The van der Waals surface area contributed by atoms with Gasteiger partial charge in [-0.2, -0.15) is 0 Å². The Labute approximate surface area is 147 Å². The Morgan fingerprint density at radius 2 is 1.84 bits per heavy atom. The maximum atomic E-state index is 13.9. The van der Waals surface area contributed by atoms with Crippen molar-refractivity contribution in [3.63, 3.8) is 0 Å². The average molecular weight is 375 g/mol. The minimum atomic E-state index is -3.80. The predicted octanol–water partition coefficient (Wildman–Crippen LogP) is 1.28. The van der Waals surface area contributed by atoms with Crippen molar-refractivity contribution in [2.45, 2.75) is 13.3 Å². The van der Waals surface area contributed by atoms with E-state index >= 15 is 0 Å². The van der Waals surface area contributed by atoms with E-state index in [1.165, 1.54) is 0 Å². The summed E-state index contributed by atoms with van der Waals surface area (Å²) in [5.41, 5.74) is -0.257. The van der Waals surface area contributed by atoms with Crippen LogP contribution in [0.15, 0.2) is 18.2 Å². The summed E-state index contributed by atoms with van der Waals surface area (Å²) >= 11 is 0. The van der Waals surface area contributed by atoms with Crippen molar-refractivity contribution < 1.29 is 22.0 Å². The van der Waals surface area contributed by atoms with Crippen molar-refractivity contribution in [3.05, 3.63) is 29.8 Å². The second kappa shape index (κ2) is 8.09. The Morgan fingerprint density at radius 1 is 1.20 bits per heavy atom. The molecule has 1 aliphatic heterocycles. The fourth-order valence-electron chi connectivity index (χ4n) is 2.82. The normalized spacial score (nSPS) is 16.1. The third-order valence-corrected chi connectivity index (χ3v) is 5.46. The number of benzene rings is 1. The molecule has 1 heterocycles. The first-order valence-corrected chi connectivity index (χ1v) is 10.00. The highest BCUT2D eigenvalue weighted by Gasteiger charge is 2.25. The Balaban J connectivity index is 2.05. The number of amides is 1. The fraction of sp³-hybridized carbons (Fsp3) is 0.562. The summed E-state index contributed by atoms with van der Waals surface area (Å²) < 4.78 is 51.8. The van der Waals surface area contributed by atoms with Crippen LogP contribution in [-0.4, -0.2) is 69.6 Å². The Hall–Kier alpha value is -1.74. The van der Waals surface area contributed by atoms with Gasteiger partial charge in [0, 0.05) is 45.2 Å². The third-order valence-electron chi connectivity index (χ3n) is 4.28. The molecule has 140 valence electrons. The average Bonchev–Trinajstić information content (AvgIpc) is 2.55. The Bertz CT molecular complexity index is 719. The molecule has 1 aromatic rings. The number of nitrogens with zero attached hydrogens (tertiary/aromatic N) is 3. The molecule has 9 heteroatoms. The van der Waals surface area contributed by atoms with Crippen molar-refractivity contribution in [3.8, 4) is 0 Å². The molecule has 0 bridgehead atoms. The lowest BCUT2D eigenvalue weighted by molar-refractivity contribution is -0.132. The van der Waals surface area contributed by atoms with Crippen molar-refractivity contribution in [2.24, 2.45) is 0 Å². The molecule has 1 saturated heterocycles. The lowest BCUT2D eigenvalue weighted by atomic mass is 10.2. The van der Waals surface area contributed by atoms with E-state index in [2.05, 4.69) is 11.8 Å². The van der Waals surface area contributed by atoms with Gasteiger partial charge in [0.15, 0.2) is 0 Å².